The molecule has 4 heteroatoms. The first kappa shape index (κ1) is 14.3. The quantitative estimate of drug-likeness (QED) is 0.798. The Morgan fingerprint density at radius 3 is 2.81 bits per heavy atom. The van der Waals surface area contributed by atoms with E-state index in [1.165, 1.54) is 12.1 Å². The van der Waals surface area contributed by atoms with Crippen molar-refractivity contribution < 1.29 is 9.18 Å². The predicted molar refractivity (Wildman–Crippen MR) is 83.6 cm³/mol. The first-order chi connectivity index (χ1) is 10.1. The molecule has 0 spiro atoms. The normalized spacial score (nSPS) is 14.8. The maximum atomic E-state index is 13.2. The van der Waals surface area contributed by atoms with Gasteiger partial charge in [0.2, 0.25) is 0 Å². The number of fused-ring (bicyclic) bond motifs is 1. The van der Waals surface area contributed by atoms with Crippen LogP contribution in [0.15, 0.2) is 46.9 Å². The van der Waals surface area contributed by atoms with E-state index >= 15 is 0 Å². The van der Waals surface area contributed by atoms with Gasteiger partial charge >= 0.3 is 0 Å². The summed E-state index contributed by atoms with van der Waals surface area (Å²) in [5.74, 6) is -0.225. The lowest BCUT2D eigenvalue weighted by Crippen LogP contribution is -2.30. The van der Waals surface area contributed by atoms with Gasteiger partial charge < -0.3 is 4.90 Å². The molecule has 0 radical (unpaired) electrons. The molecule has 0 fully saturated rings. The fourth-order valence-electron chi connectivity index (χ4n) is 2.69. The molecule has 2 aromatic carbocycles. The van der Waals surface area contributed by atoms with E-state index in [2.05, 4.69) is 15.9 Å². The summed E-state index contributed by atoms with van der Waals surface area (Å²) in [5, 5.41) is 0. The fourth-order valence-corrected chi connectivity index (χ4v) is 3.16. The third-order valence-electron chi connectivity index (χ3n) is 3.79. The summed E-state index contributed by atoms with van der Waals surface area (Å²) >= 11 is 3.37. The van der Waals surface area contributed by atoms with E-state index in [0.29, 0.717) is 11.0 Å². The first-order valence-corrected chi connectivity index (χ1v) is 7.75. The Morgan fingerprint density at radius 1 is 1.19 bits per heavy atom. The zero-order chi connectivity index (χ0) is 14.8. The summed E-state index contributed by atoms with van der Waals surface area (Å²) in [6.07, 6.45) is 1.87. The van der Waals surface area contributed by atoms with Crippen molar-refractivity contribution in [2.75, 3.05) is 6.54 Å². The fraction of sp³-hybridized carbons (Fsp3) is 0.235. The molecule has 1 aliphatic rings. The zero-order valence-electron chi connectivity index (χ0n) is 11.5. The number of hydrogen-bond donors (Lipinski definition) is 0. The standard InChI is InChI=1S/C17H15BrFNO/c18-16-10-14(19)8-7-13(16)11-20-9-3-5-12-4-1-2-6-15(12)17(20)21/h1-2,4,6-8,10H,3,5,9,11H2. The minimum atomic E-state index is -0.279. The molecule has 0 bridgehead atoms. The summed E-state index contributed by atoms with van der Waals surface area (Å²) in [4.78, 5) is 14.5. The lowest BCUT2D eigenvalue weighted by atomic mass is 10.0. The van der Waals surface area contributed by atoms with E-state index < -0.39 is 0 Å². The second-order valence-corrected chi connectivity index (χ2v) is 6.08. The van der Waals surface area contributed by atoms with Crippen molar-refractivity contribution >= 4 is 21.8 Å². The molecular weight excluding hydrogens is 333 g/mol. The van der Waals surface area contributed by atoms with Crippen LogP contribution in [0.3, 0.4) is 0 Å². The Balaban J connectivity index is 1.87. The minimum Gasteiger partial charge on any atom is -0.334 e. The molecule has 0 unspecified atom stereocenters. The number of aryl methyl sites for hydroxylation is 1. The second-order valence-electron chi connectivity index (χ2n) is 5.22. The highest BCUT2D eigenvalue weighted by Crippen LogP contribution is 2.23. The molecule has 1 heterocycles. The Bertz CT molecular complexity index is 686. The Labute approximate surface area is 131 Å². The SMILES string of the molecule is O=C1c2ccccc2CCCN1Cc1ccc(F)cc1Br. The van der Waals surface area contributed by atoms with Gasteiger partial charge in [-0.3, -0.25) is 4.79 Å². The van der Waals surface area contributed by atoms with E-state index in [1.54, 1.807) is 6.07 Å². The zero-order valence-corrected chi connectivity index (χ0v) is 13.1. The first-order valence-electron chi connectivity index (χ1n) is 6.96. The van der Waals surface area contributed by atoms with Gasteiger partial charge in [0, 0.05) is 23.1 Å². The number of rotatable bonds is 2. The average Bonchev–Trinajstić information content (AvgIpc) is 2.63. The monoisotopic (exact) mass is 347 g/mol. The van der Waals surface area contributed by atoms with Crippen LogP contribution in [0.4, 0.5) is 4.39 Å². The third kappa shape index (κ3) is 3.00. The van der Waals surface area contributed by atoms with Gasteiger partial charge in [0.25, 0.3) is 5.91 Å². The van der Waals surface area contributed by atoms with Crippen LogP contribution < -0.4 is 0 Å². The van der Waals surface area contributed by atoms with Crippen LogP contribution in [0, 0.1) is 5.82 Å². The lowest BCUT2D eigenvalue weighted by Gasteiger charge is -2.21. The van der Waals surface area contributed by atoms with Crippen molar-refractivity contribution in [1.82, 2.24) is 4.90 Å². The smallest absolute Gasteiger partial charge is 0.254 e. The molecule has 0 atom stereocenters. The molecule has 1 amide bonds. The largest absolute Gasteiger partial charge is 0.334 e. The van der Waals surface area contributed by atoms with Crippen molar-refractivity contribution in [2.24, 2.45) is 0 Å². The van der Waals surface area contributed by atoms with E-state index in [4.69, 9.17) is 0 Å². The minimum absolute atomic E-state index is 0.0549. The van der Waals surface area contributed by atoms with Crippen molar-refractivity contribution in [3.05, 3.63) is 69.4 Å². The number of halogens is 2. The summed E-state index contributed by atoms with van der Waals surface area (Å²) in [5.41, 5.74) is 2.82. The molecule has 0 aromatic heterocycles. The Hall–Kier alpha value is -1.68. The van der Waals surface area contributed by atoms with E-state index in [-0.39, 0.29) is 11.7 Å². The molecule has 21 heavy (non-hydrogen) atoms. The highest BCUT2D eigenvalue weighted by atomic mass is 79.9. The van der Waals surface area contributed by atoms with Gasteiger partial charge in [0.05, 0.1) is 0 Å². The van der Waals surface area contributed by atoms with Crippen LogP contribution >= 0.6 is 15.9 Å². The summed E-state index contributed by atoms with van der Waals surface area (Å²) in [7, 11) is 0. The van der Waals surface area contributed by atoms with Crippen molar-refractivity contribution in [2.45, 2.75) is 19.4 Å². The molecule has 2 aromatic rings. The second kappa shape index (κ2) is 5.98. The average molecular weight is 348 g/mol. The maximum Gasteiger partial charge on any atom is 0.254 e. The van der Waals surface area contributed by atoms with Gasteiger partial charge in [0.15, 0.2) is 0 Å². The van der Waals surface area contributed by atoms with Crippen LogP contribution in [0.5, 0.6) is 0 Å². The number of nitrogens with zero attached hydrogens (tertiary/aromatic N) is 1. The van der Waals surface area contributed by atoms with Gasteiger partial charge in [0.1, 0.15) is 5.82 Å². The Morgan fingerprint density at radius 2 is 2.00 bits per heavy atom. The molecule has 0 aliphatic carbocycles. The van der Waals surface area contributed by atoms with Crippen LogP contribution in [0.1, 0.15) is 27.9 Å². The number of benzene rings is 2. The van der Waals surface area contributed by atoms with Gasteiger partial charge in [-0.1, -0.05) is 40.2 Å². The summed E-state index contributed by atoms with van der Waals surface area (Å²) < 4.78 is 13.9. The highest BCUT2D eigenvalue weighted by Gasteiger charge is 2.22. The molecule has 108 valence electrons. The van der Waals surface area contributed by atoms with E-state index in [9.17, 15) is 9.18 Å². The molecule has 0 saturated heterocycles. The van der Waals surface area contributed by atoms with Gasteiger partial charge in [-0.2, -0.15) is 0 Å². The van der Waals surface area contributed by atoms with Crippen molar-refractivity contribution in [3.8, 4) is 0 Å². The van der Waals surface area contributed by atoms with Crippen LogP contribution in [0.2, 0.25) is 0 Å². The molecule has 0 N–H and O–H groups in total. The topological polar surface area (TPSA) is 20.3 Å². The number of carbonyl (C=O) groups is 1. The van der Waals surface area contributed by atoms with Gasteiger partial charge in [-0.15, -0.1) is 0 Å². The van der Waals surface area contributed by atoms with E-state index in [0.717, 1.165) is 36.1 Å². The van der Waals surface area contributed by atoms with Gasteiger partial charge in [-0.05, 0) is 42.2 Å². The summed E-state index contributed by atoms with van der Waals surface area (Å²) in [6.45, 7) is 1.21. The molecule has 1 aliphatic heterocycles. The number of amides is 1. The van der Waals surface area contributed by atoms with Crippen molar-refractivity contribution in [1.29, 1.82) is 0 Å². The maximum absolute atomic E-state index is 13.2. The van der Waals surface area contributed by atoms with Crippen molar-refractivity contribution in [3.63, 3.8) is 0 Å². The van der Waals surface area contributed by atoms with Crippen LogP contribution in [0.25, 0.3) is 0 Å². The number of hydrogen-bond acceptors (Lipinski definition) is 1. The summed E-state index contributed by atoms with van der Waals surface area (Å²) in [6, 6.07) is 12.4. The van der Waals surface area contributed by atoms with Crippen LogP contribution in [-0.2, 0) is 13.0 Å². The van der Waals surface area contributed by atoms with Crippen LogP contribution in [-0.4, -0.2) is 17.4 Å². The van der Waals surface area contributed by atoms with Gasteiger partial charge in [-0.25, -0.2) is 4.39 Å². The Kier molecular flexibility index (Phi) is 4.06. The predicted octanol–water partition coefficient (Wildman–Crippen LogP) is 4.18. The molecule has 3 rings (SSSR count). The number of carbonyl (C=O) groups excluding carboxylic acids is 1. The molecule has 0 saturated carbocycles. The van der Waals surface area contributed by atoms with E-state index in [1.807, 2.05) is 29.2 Å². The molecule has 2 nitrogen and oxygen atoms in total. The highest BCUT2D eigenvalue weighted by molar-refractivity contribution is 9.10. The lowest BCUT2D eigenvalue weighted by molar-refractivity contribution is 0.0748. The molecular formula is C17H15BrFNO. The third-order valence-corrected chi connectivity index (χ3v) is 4.52.